The predicted octanol–water partition coefficient (Wildman–Crippen LogP) is 4.18. The summed E-state index contributed by atoms with van der Waals surface area (Å²) in [5.41, 5.74) is 3.07. The van der Waals surface area contributed by atoms with Crippen LogP contribution in [0, 0.1) is 19.7 Å². The van der Waals surface area contributed by atoms with Gasteiger partial charge >= 0.3 is 0 Å². The highest BCUT2D eigenvalue weighted by molar-refractivity contribution is 6.02. The van der Waals surface area contributed by atoms with Gasteiger partial charge in [0.25, 0.3) is 5.91 Å². The number of hydrogen-bond donors (Lipinski definition) is 1. The lowest BCUT2D eigenvalue weighted by atomic mass is 9.99. The minimum Gasteiger partial charge on any atom is -0.349 e. The van der Waals surface area contributed by atoms with Gasteiger partial charge in [-0.25, -0.2) is 4.39 Å². The van der Waals surface area contributed by atoms with Crippen LogP contribution in [0.1, 0.15) is 43.5 Å². The normalized spacial score (nSPS) is 12.2. The average molecular weight is 516 g/mol. The van der Waals surface area contributed by atoms with Gasteiger partial charge in [0.1, 0.15) is 18.4 Å². The SMILES string of the molecule is Cc1cccc(N(C(=O)Cn2nnc(-c3ccc(F)cc3)n2)C(C(=O)NC(C)(C)C)c2ccncc2)c1C. The Morgan fingerprint density at radius 2 is 1.71 bits per heavy atom. The molecule has 38 heavy (non-hydrogen) atoms. The second-order valence-electron chi connectivity index (χ2n) is 10.1. The molecule has 1 unspecified atom stereocenters. The molecule has 0 bridgehead atoms. The Kier molecular flexibility index (Phi) is 7.61. The highest BCUT2D eigenvalue weighted by Crippen LogP contribution is 2.32. The lowest BCUT2D eigenvalue weighted by Crippen LogP contribution is -2.50. The molecular formula is C28H30FN7O2. The molecule has 2 heterocycles. The number of anilines is 1. The number of tetrazole rings is 1. The molecule has 0 spiro atoms. The number of nitrogens with one attached hydrogen (secondary N) is 1. The van der Waals surface area contributed by atoms with Crippen molar-refractivity contribution in [2.24, 2.45) is 0 Å². The van der Waals surface area contributed by atoms with Gasteiger partial charge in [-0.15, -0.1) is 10.2 Å². The van der Waals surface area contributed by atoms with Gasteiger partial charge in [0, 0.05) is 29.2 Å². The van der Waals surface area contributed by atoms with Crippen molar-refractivity contribution in [3.63, 3.8) is 0 Å². The van der Waals surface area contributed by atoms with Gasteiger partial charge < -0.3 is 5.32 Å². The summed E-state index contributed by atoms with van der Waals surface area (Å²) in [4.78, 5) is 34.5. The minimum absolute atomic E-state index is 0.257. The zero-order valence-corrected chi connectivity index (χ0v) is 22.0. The number of nitrogens with zero attached hydrogens (tertiary/aromatic N) is 6. The van der Waals surface area contributed by atoms with Crippen LogP contribution in [0.3, 0.4) is 0 Å². The number of amides is 2. The first-order valence-electron chi connectivity index (χ1n) is 12.2. The molecule has 0 fully saturated rings. The molecule has 4 aromatic rings. The Bertz CT molecular complexity index is 1430. The second kappa shape index (κ2) is 10.9. The summed E-state index contributed by atoms with van der Waals surface area (Å²) in [6, 6.07) is 13.8. The number of carbonyl (C=O) groups excluding carboxylic acids is 2. The van der Waals surface area contributed by atoms with Crippen molar-refractivity contribution in [3.05, 3.63) is 89.5 Å². The van der Waals surface area contributed by atoms with Gasteiger partial charge in [-0.05, 0) is 99.0 Å². The maximum atomic E-state index is 14.0. The van der Waals surface area contributed by atoms with E-state index >= 15 is 0 Å². The van der Waals surface area contributed by atoms with E-state index in [9.17, 15) is 14.0 Å². The van der Waals surface area contributed by atoms with E-state index in [4.69, 9.17) is 0 Å². The van der Waals surface area contributed by atoms with Crippen molar-refractivity contribution < 1.29 is 14.0 Å². The maximum Gasteiger partial charge on any atom is 0.251 e. The number of carbonyl (C=O) groups is 2. The Morgan fingerprint density at radius 3 is 2.37 bits per heavy atom. The Balaban J connectivity index is 1.76. The molecular weight excluding hydrogens is 485 g/mol. The second-order valence-corrected chi connectivity index (χ2v) is 10.1. The molecule has 2 amide bonds. The summed E-state index contributed by atoms with van der Waals surface area (Å²) in [6.45, 7) is 9.24. The minimum atomic E-state index is -0.981. The third-order valence-electron chi connectivity index (χ3n) is 5.96. The summed E-state index contributed by atoms with van der Waals surface area (Å²) >= 11 is 0. The van der Waals surface area contributed by atoms with E-state index in [0.29, 0.717) is 16.8 Å². The highest BCUT2D eigenvalue weighted by atomic mass is 19.1. The van der Waals surface area contributed by atoms with Crippen LogP contribution in [0.5, 0.6) is 0 Å². The van der Waals surface area contributed by atoms with Crippen LogP contribution < -0.4 is 10.2 Å². The highest BCUT2D eigenvalue weighted by Gasteiger charge is 2.35. The predicted molar refractivity (Wildman–Crippen MR) is 141 cm³/mol. The van der Waals surface area contributed by atoms with Gasteiger partial charge in [-0.2, -0.15) is 4.80 Å². The van der Waals surface area contributed by atoms with E-state index < -0.39 is 17.5 Å². The summed E-state index contributed by atoms with van der Waals surface area (Å²) in [5, 5.41) is 15.4. The summed E-state index contributed by atoms with van der Waals surface area (Å²) in [5.74, 6) is -0.868. The summed E-state index contributed by atoms with van der Waals surface area (Å²) < 4.78 is 13.3. The van der Waals surface area contributed by atoms with Gasteiger partial charge in [0.05, 0.1) is 0 Å². The van der Waals surface area contributed by atoms with Crippen molar-refractivity contribution in [1.29, 1.82) is 0 Å². The smallest absolute Gasteiger partial charge is 0.251 e. The van der Waals surface area contributed by atoms with E-state index in [1.54, 1.807) is 24.5 Å². The van der Waals surface area contributed by atoms with Crippen LogP contribution in [0.15, 0.2) is 67.0 Å². The number of aromatic nitrogens is 5. The first kappa shape index (κ1) is 26.6. The molecule has 10 heteroatoms. The van der Waals surface area contributed by atoms with E-state index in [1.807, 2.05) is 52.8 Å². The third kappa shape index (κ3) is 6.08. The number of halogens is 1. The molecule has 9 nitrogen and oxygen atoms in total. The quantitative estimate of drug-likeness (QED) is 0.396. The van der Waals surface area contributed by atoms with Crippen molar-refractivity contribution in [1.82, 2.24) is 30.5 Å². The number of rotatable bonds is 7. The van der Waals surface area contributed by atoms with Crippen LogP contribution in [0.4, 0.5) is 10.1 Å². The number of benzene rings is 2. The number of pyridine rings is 1. The molecule has 2 aromatic carbocycles. The molecule has 0 saturated heterocycles. The largest absolute Gasteiger partial charge is 0.349 e. The zero-order valence-electron chi connectivity index (χ0n) is 22.0. The first-order chi connectivity index (χ1) is 18.0. The Hall–Kier alpha value is -4.47. The average Bonchev–Trinajstić information content (AvgIpc) is 3.32. The molecule has 0 aliphatic heterocycles. The standard InChI is InChI=1S/C28H30FN7O2/c1-18-7-6-8-23(19(18)2)36(25(20-13-15-30-16-14-20)27(38)31-28(3,4)5)24(37)17-35-33-26(32-34-35)21-9-11-22(29)12-10-21/h6-16,25H,17H2,1-5H3,(H,31,38). The zero-order chi connectivity index (χ0) is 27.4. The molecule has 2 aromatic heterocycles. The fourth-order valence-corrected chi connectivity index (χ4v) is 4.04. The van der Waals surface area contributed by atoms with Crippen LogP contribution in [-0.4, -0.2) is 42.5 Å². The summed E-state index contributed by atoms with van der Waals surface area (Å²) in [6.07, 6.45) is 3.18. The van der Waals surface area contributed by atoms with Crippen molar-refractivity contribution in [3.8, 4) is 11.4 Å². The van der Waals surface area contributed by atoms with Crippen molar-refractivity contribution in [2.45, 2.75) is 52.7 Å². The van der Waals surface area contributed by atoms with Crippen LogP contribution in [0.2, 0.25) is 0 Å². The van der Waals surface area contributed by atoms with E-state index in [1.165, 1.54) is 34.0 Å². The Morgan fingerprint density at radius 1 is 1.03 bits per heavy atom. The molecule has 1 atom stereocenters. The van der Waals surface area contributed by atoms with Gasteiger partial charge in [-0.1, -0.05) is 12.1 Å². The third-order valence-corrected chi connectivity index (χ3v) is 5.96. The Labute approximate surface area is 220 Å². The molecule has 0 saturated carbocycles. The molecule has 0 aliphatic carbocycles. The van der Waals surface area contributed by atoms with E-state index in [-0.39, 0.29) is 24.1 Å². The number of aryl methyl sites for hydroxylation is 1. The number of hydrogen-bond acceptors (Lipinski definition) is 6. The van der Waals surface area contributed by atoms with Crippen molar-refractivity contribution in [2.75, 3.05) is 4.90 Å². The lowest BCUT2D eigenvalue weighted by molar-refractivity contribution is -0.128. The molecule has 196 valence electrons. The first-order valence-corrected chi connectivity index (χ1v) is 12.2. The monoisotopic (exact) mass is 515 g/mol. The van der Waals surface area contributed by atoms with Crippen LogP contribution in [-0.2, 0) is 16.1 Å². The van der Waals surface area contributed by atoms with E-state index in [0.717, 1.165) is 11.1 Å². The topological polar surface area (TPSA) is 106 Å². The van der Waals surface area contributed by atoms with Gasteiger partial charge in [0.15, 0.2) is 0 Å². The van der Waals surface area contributed by atoms with Gasteiger partial charge in [-0.3, -0.25) is 19.5 Å². The molecule has 4 rings (SSSR count). The van der Waals surface area contributed by atoms with Crippen molar-refractivity contribution >= 4 is 17.5 Å². The summed E-state index contributed by atoms with van der Waals surface area (Å²) in [7, 11) is 0. The van der Waals surface area contributed by atoms with E-state index in [2.05, 4.69) is 25.7 Å². The lowest BCUT2D eigenvalue weighted by Gasteiger charge is -2.34. The fraction of sp³-hybridized carbons (Fsp3) is 0.286. The fourth-order valence-electron chi connectivity index (χ4n) is 4.04. The molecule has 0 radical (unpaired) electrons. The maximum absolute atomic E-state index is 14.0. The van der Waals surface area contributed by atoms with Crippen LogP contribution >= 0.6 is 0 Å². The van der Waals surface area contributed by atoms with Gasteiger partial charge in [0.2, 0.25) is 11.7 Å². The molecule has 0 aliphatic rings. The van der Waals surface area contributed by atoms with Crippen LogP contribution in [0.25, 0.3) is 11.4 Å². The molecule has 1 N–H and O–H groups in total.